The number of hydrogen-bond acceptors (Lipinski definition) is 2. The summed E-state index contributed by atoms with van der Waals surface area (Å²) in [5.41, 5.74) is 2.74. The van der Waals surface area contributed by atoms with Crippen LogP contribution in [0.4, 0.5) is 0 Å². The monoisotopic (exact) mass is 292 g/mol. The largest absolute Gasteiger partial charge is 0.463 e. The summed E-state index contributed by atoms with van der Waals surface area (Å²) in [6.07, 6.45) is 7.04. The minimum Gasteiger partial charge on any atom is -0.463 e. The molecule has 0 amide bonds. The Balaban J connectivity index is 2.23. The highest BCUT2D eigenvalue weighted by Gasteiger charge is 2.45. The van der Waals surface area contributed by atoms with Crippen LogP contribution < -0.4 is 0 Å². The molecule has 3 unspecified atom stereocenters. The summed E-state index contributed by atoms with van der Waals surface area (Å²) >= 11 is 0. The van der Waals surface area contributed by atoms with E-state index in [4.69, 9.17) is 4.74 Å². The van der Waals surface area contributed by atoms with Crippen molar-refractivity contribution in [2.75, 3.05) is 6.61 Å². The van der Waals surface area contributed by atoms with Crippen molar-refractivity contribution < 1.29 is 9.53 Å². The van der Waals surface area contributed by atoms with Crippen LogP contribution in [0.3, 0.4) is 0 Å². The second-order valence-corrected chi connectivity index (χ2v) is 7.57. The van der Waals surface area contributed by atoms with Gasteiger partial charge in [0.05, 0.1) is 6.61 Å². The van der Waals surface area contributed by atoms with E-state index in [1.54, 1.807) is 0 Å². The quantitative estimate of drug-likeness (QED) is 0.532. The highest BCUT2D eigenvalue weighted by atomic mass is 16.5. The van der Waals surface area contributed by atoms with Gasteiger partial charge in [-0.2, -0.15) is 0 Å². The van der Waals surface area contributed by atoms with Crippen molar-refractivity contribution in [3.63, 3.8) is 0 Å². The van der Waals surface area contributed by atoms with E-state index in [0.717, 1.165) is 42.6 Å². The number of carbonyl (C=O) groups is 1. The molecule has 0 N–H and O–H groups in total. The first-order chi connectivity index (χ1) is 9.91. The smallest absolute Gasteiger partial charge is 0.333 e. The molecule has 2 heteroatoms. The van der Waals surface area contributed by atoms with E-state index in [0.29, 0.717) is 12.0 Å². The van der Waals surface area contributed by atoms with Crippen LogP contribution in [0.2, 0.25) is 0 Å². The Bertz CT molecular complexity index is 419. The maximum absolute atomic E-state index is 12.2. The normalized spacial score (nSPS) is 34.0. The van der Waals surface area contributed by atoms with Gasteiger partial charge < -0.3 is 4.74 Å². The molecule has 0 radical (unpaired) electrons. The summed E-state index contributed by atoms with van der Waals surface area (Å²) in [6.45, 7) is 11.7. The Morgan fingerprint density at radius 2 is 1.95 bits per heavy atom. The fraction of sp³-hybridized carbons (Fsp3) is 0.842. The van der Waals surface area contributed by atoms with Crippen LogP contribution in [0, 0.1) is 23.2 Å². The molecule has 0 aromatic rings. The van der Waals surface area contributed by atoms with Crippen LogP contribution in [-0.4, -0.2) is 12.6 Å². The lowest BCUT2D eigenvalue weighted by molar-refractivity contribution is -0.138. The lowest BCUT2D eigenvalue weighted by Crippen LogP contribution is -2.42. The van der Waals surface area contributed by atoms with Crippen LogP contribution >= 0.6 is 0 Å². The Hall–Kier alpha value is -0.790. The average Bonchev–Trinajstić information content (AvgIpc) is 2.45. The zero-order valence-corrected chi connectivity index (χ0v) is 14.5. The van der Waals surface area contributed by atoms with Gasteiger partial charge in [-0.1, -0.05) is 33.3 Å². The van der Waals surface area contributed by atoms with Crippen molar-refractivity contribution in [1.82, 2.24) is 0 Å². The maximum atomic E-state index is 12.2. The topological polar surface area (TPSA) is 26.3 Å². The molecule has 0 aliphatic heterocycles. The predicted octanol–water partition coefficient (Wildman–Crippen LogP) is 5.13. The van der Waals surface area contributed by atoms with Gasteiger partial charge in [-0.15, -0.1) is 0 Å². The summed E-state index contributed by atoms with van der Waals surface area (Å²) in [6, 6.07) is 0. The molecule has 0 spiro atoms. The van der Waals surface area contributed by atoms with Crippen molar-refractivity contribution in [3.8, 4) is 0 Å². The van der Waals surface area contributed by atoms with Crippen LogP contribution in [-0.2, 0) is 9.53 Å². The number of ether oxygens (including phenoxy) is 1. The number of allylic oxidation sites excluding steroid dienone is 1. The minimum atomic E-state index is -0.0740. The maximum Gasteiger partial charge on any atom is 0.333 e. The second kappa shape index (κ2) is 6.54. The molecular weight excluding hydrogens is 260 g/mol. The summed E-state index contributed by atoms with van der Waals surface area (Å²) in [7, 11) is 0. The highest BCUT2D eigenvalue weighted by molar-refractivity contribution is 5.89. The molecule has 0 aromatic heterocycles. The van der Waals surface area contributed by atoms with E-state index in [9.17, 15) is 4.79 Å². The highest BCUT2D eigenvalue weighted by Crippen LogP contribution is 2.54. The number of fused-ring (bicyclic) bond motifs is 1. The van der Waals surface area contributed by atoms with Gasteiger partial charge in [0, 0.05) is 5.57 Å². The van der Waals surface area contributed by atoms with Crippen molar-refractivity contribution in [3.05, 3.63) is 11.1 Å². The fourth-order valence-corrected chi connectivity index (χ4v) is 4.54. The van der Waals surface area contributed by atoms with E-state index >= 15 is 0 Å². The molecule has 3 atom stereocenters. The molecule has 120 valence electrons. The third-order valence-corrected chi connectivity index (χ3v) is 6.35. The van der Waals surface area contributed by atoms with Crippen molar-refractivity contribution >= 4 is 5.97 Å². The predicted molar refractivity (Wildman–Crippen MR) is 87.0 cm³/mol. The van der Waals surface area contributed by atoms with Crippen molar-refractivity contribution in [2.45, 2.75) is 73.1 Å². The molecule has 0 bridgehead atoms. The van der Waals surface area contributed by atoms with Crippen LogP contribution in [0.25, 0.3) is 0 Å². The first-order valence-corrected chi connectivity index (χ1v) is 8.79. The van der Waals surface area contributed by atoms with E-state index in [1.807, 2.05) is 6.92 Å². The van der Waals surface area contributed by atoms with Crippen molar-refractivity contribution in [2.24, 2.45) is 23.2 Å². The SMILES string of the molecule is CCOC(=O)/C(CC)=C1\CCC2CCC(C)C(C)(C)C2C1. The van der Waals surface area contributed by atoms with Crippen LogP contribution in [0.15, 0.2) is 11.1 Å². The lowest BCUT2D eigenvalue weighted by atomic mass is 9.54. The molecular formula is C19H32O2. The van der Waals surface area contributed by atoms with Gasteiger partial charge in [0.25, 0.3) is 0 Å². The van der Waals surface area contributed by atoms with Gasteiger partial charge in [-0.05, 0) is 68.6 Å². The molecule has 2 nitrogen and oxygen atoms in total. The summed E-state index contributed by atoms with van der Waals surface area (Å²) in [5.74, 6) is 2.31. The Labute approximate surface area is 130 Å². The van der Waals surface area contributed by atoms with E-state index in [-0.39, 0.29) is 5.97 Å². The van der Waals surface area contributed by atoms with Gasteiger partial charge in [0.15, 0.2) is 0 Å². The number of hydrogen-bond donors (Lipinski definition) is 0. The molecule has 2 saturated carbocycles. The van der Waals surface area contributed by atoms with Crippen LogP contribution in [0.1, 0.15) is 73.1 Å². The Morgan fingerprint density at radius 1 is 1.24 bits per heavy atom. The summed E-state index contributed by atoms with van der Waals surface area (Å²) in [5, 5.41) is 0. The number of esters is 1. The Morgan fingerprint density at radius 3 is 2.57 bits per heavy atom. The van der Waals surface area contributed by atoms with Crippen molar-refractivity contribution in [1.29, 1.82) is 0 Å². The number of rotatable bonds is 3. The van der Waals surface area contributed by atoms with E-state index in [1.165, 1.54) is 24.8 Å². The fourth-order valence-electron chi connectivity index (χ4n) is 4.54. The minimum absolute atomic E-state index is 0.0740. The van der Waals surface area contributed by atoms with Gasteiger partial charge >= 0.3 is 5.97 Å². The zero-order chi connectivity index (χ0) is 15.6. The average molecular weight is 292 g/mol. The zero-order valence-electron chi connectivity index (χ0n) is 14.5. The van der Waals surface area contributed by atoms with Crippen LogP contribution in [0.5, 0.6) is 0 Å². The molecule has 0 aromatic carbocycles. The molecule has 0 heterocycles. The summed E-state index contributed by atoms with van der Waals surface area (Å²) in [4.78, 5) is 12.2. The van der Waals surface area contributed by atoms with Gasteiger partial charge in [0.2, 0.25) is 0 Å². The standard InChI is InChI=1S/C19H32O2/c1-6-16(18(20)21-7-2)15-11-10-14-9-8-13(3)19(4,5)17(14)12-15/h13-14,17H,6-12H2,1-5H3/b16-15+. The first-order valence-electron chi connectivity index (χ1n) is 8.79. The second-order valence-electron chi connectivity index (χ2n) is 7.57. The van der Waals surface area contributed by atoms with Gasteiger partial charge in [0.1, 0.15) is 0 Å². The molecule has 2 aliphatic carbocycles. The molecule has 2 fully saturated rings. The molecule has 2 rings (SSSR count). The van der Waals surface area contributed by atoms with E-state index < -0.39 is 0 Å². The first kappa shape index (κ1) is 16.6. The van der Waals surface area contributed by atoms with Gasteiger partial charge in [-0.25, -0.2) is 4.79 Å². The third kappa shape index (κ3) is 3.19. The molecule has 2 aliphatic rings. The summed E-state index contributed by atoms with van der Waals surface area (Å²) < 4.78 is 5.26. The number of carbonyl (C=O) groups excluding carboxylic acids is 1. The third-order valence-electron chi connectivity index (χ3n) is 6.35. The van der Waals surface area contributed by atoms with E-state index in [2.05, 4.69) is 27.7 Å². The Kier molecular flexibility index (Phi) is 5.16. The lowest BCUT2D eigenvalue weighted by Gasteiger charge is -2.51. The van der Waals surface area contributed by atoms with Gasteiger partial charge in [-0.3, -0.25) is 0 Å². The molecule has 0 saturated heterocycles. The molecule has 21 heavy (non-hydrogen) atoms.